The molecule has 2 heterocycles. The molecule has 1 aromatic heterocycles. The van der Waals surface area contributed by atoms with Crippen LogP contribution in [0.25, 0.3) is 12.2 Å². The van der Waals surface area contributed by atoms with Crippen LogP contribution >= 0.6 is 24.0 Å². The van der Waals surface area contributed by atoms with Gasteiger partial charge in [-0.15, -0.1) is 22.8 Å². The highest BCUT2D eigenvalue weighted by molar-refractivity contribution is 7.82. The van der Waals surface area contributed by atoms with Crippen molar-refractivity contribution >= 4 is 58.8 Å². The first-order valence-electron chi connectivity index (χ1n) is 12.6. The van der Waals surface area contributed by atoms with Gasteiger partial charge in [-0.05, 0) is 54.0 Å². The number of carbonyl (C=O) groups excluding carboxylic acids is 3. The van der Waals surface area contributed by atoms with Crippen molar-refractivity contribution in [1.29, 1.82) is 0 Å². The van der Waals surface area contributed by atoms with Crippen molar-refractivity contribution in [1.82, 2.24) is 15.1 Å². The van der Waals surface area contributed by atoms with Crippen molar-refractivity contribution in [2.75, 3.05) is 18.4 Å². The molecule has 0 radical (unpaired) electrons. The second kappa shape index (κ2) is 13.1. The van der Waals surface area contributed by atoms with Crippen LogP contribution in [-0.2, 0) is 26.7 Å². The van der Waals surface area contributed by atoms with E-state index in [0.717, 1.165) is 35.6 Å². The average molecular weight is 641 g/mol. The van der Waals surface area contributed by atoms with Gasteiger partial charge < -0.3 is 10.2 Å². The summed E-state index contributed by atoms with van der Waals surface area (Å²) in [4.78, 5) is 39.9. The molecular formula is C28H22F6N4O3S2. The van der Waals surface area contributed by atoms with Gasteiger partial charge in [0.25, 0.3) is 0 Å². The van der Waals surface area contributed by atoms with Crippen LogP contribution in [-0.4, -0.2) is 45.8 Å². The maximum atomic E-state index is 13.4. The molecule has 7 nitrogen and oxygen atoms in total. The molecular weight excluding hydrogens is 618 g/mol. The highest BCUT2D eigenvalue weighted by atomic mass is 32.2. The molecule has 3 aromatic rings. The van der Waals surface area contributed by atoms with E-state index in [2.05, 4.69) is 28.1 Å². The number of benzene rings is 2. The summed E-state index contributed by atoms with van der Waals surface area (Å²) < 4.78 is 79.8. The molecule has 0 spiro atoms. The molecule has 1 fully saturated rings. The summed E-state index contributed by atoms with van der Waals surface area (Å²) in [7, 11) is 0. The largest absolute Gasteiger partial charge is 0.416 e. The Kier molecular flexibility index (Phi) is 9.75. The lowest BCUT2D eigenvalue weighted by atomic mass is 9.93. The third-order valence-electron chi connectivity index (χ3n) is 6.22. The molecule has 0 bridgehead atoms. The molecule has 0 aliphatic carbocycles. The standard InChI is InChI=1S/C28H22F6N4O3S2/c29-27(30,31)20-6-1-4-16(12-20)10-18-14-38(23(40)9-3-8-22(39)35-25-36-37-26(42)43-25)15-19(24(18)41)11-17-5-2-7-21(13-17)28(32,33)34/h1-2,4-7,10-13H,3,8-9,14-15H2,(H,37,42)(H,35,36,39)/b18-10+,19-11+. The monoisotopic (exact) mass is 640 g/mol. The summed E-state index contributed by atoms with van der Waals surface area (Å²) >= 11 is 5.06. The molecule has 1 saturated heterocycles. The van der Waals surface area contributed by atoms with E-state index in [0.29, 0.717) is 4.34 Å². The third kappa shape index (κ3) is 8.76. The lowest BCUT2D eigenvalue weighted by Gasteiger charge is -2.30. The predicted molar refractivity (Wildman–Crippen MR) is 150 cm³/mol. The summed E-state index contributed by atoms with van der Waals surface area (Å²) in [5.41, 5.74) is -1.79. The van der Waals surface area contributed by atoms with Gasteiger partial charge >= 0.3 is 12.4 Å². The summed E-state index contributed by atoms with van der Waals surface area (Å²) in [5.74, 6) is -1.49. The normalized spacial score (nSPS) is 16.2. The summed E-state index contributed by atoms with van der Waals surface area (Å²) in [5, 5.41) is 10.1. The number of thiol groups is 1. The Labute approximate surface area is 250 Å². The van der Waals surface area contributed by atoms with E-state index in [-0.39, 0.29) is 59.8 Å². The number of hydrogen-bond donors (Lipinski definition) is 2. The number of likely N-dealkylation sites (tertiary alicyclic amines) is 1. The number of Topliss-reactive ketones (excluding diaryl/α,β-unsaturated/α-hetero) is 1. The number of ketones is 1. The fraction of sp³-hybridized carbons (Fsp3) is 0.250. The van der Waals surface area contributed by atoms with Gasteiger partial charge in [-0.3, -0.25) is 14.4 Å². The van der Waals surface area contributed by atoms with Gasteiger partial charge in [-0.1, -0.05) is 35.6 Å². The summed E-state index contributed by atoms with van der Waals surface area (Å²) in [6.45, 7) is -0.481. The first-order valence-corrected chi connectivity index (χ1v) is 13.9. The Hall–Kier alpha value is -3.98. The fourth-order valence-electron chi connectivity index (χ4n) is 4.23. The molecule has 1 aliphatic heterocycles. The third-order valence-corrected chi connectivity index (χ3v) is 7.23. The predicted octanol–water partition coefficient (Wildman–Crippen LogP) is 6.55. The molecule has 1 N–H and O–H groups in total. The van der Waals surface area contributed by atoms with E-state index in [1.165, 1.54) is 41.3 Å². The maximum absolute atomic E-state index is 13.4. The van der Waals surface area contributed by atoms with Crippen LogP contribution in [0.4, 0.5) is 31.5 Å². The highest BCUT2D eigenvalue weighted by Gasteiger charge is 2.33. The first-order chi connectivity index (χ1) is 20.2. The zero-order valence-electron chi connectivity index (χ0n) is 22.0. The van der Waals surface area contributed by atoms with Crippen molar-refractivity contribution in [2.45, 2.75) is 36.0 Å². The Morgan fingerprint density at radius 3 is 1.88 bits per heavy atom. The van der Waals surface area contributed by atoms with Gasteiger partial charge in [0, 0.05) is 37.1 Å². The van der Waals surface area contributed by atoms with Crippen LogP contribution < -0.4 is 5.32 Å². The average Bonchev–Trinajstić information content (AvgIpc) is 3.34. The van der Waals surface area contributed by atoms with E-state index < -0.39 is 41.1 Å². The second-order valence-electron chi connectivity index (χ2n) is 9.46. The van der Waals surface area contributed by atoms with Gasteiger partial charge in [0.15, 0.2) is 10.1 Å². The fourth-order valence-corrected chi connectivity index (χ4v) is 5.04. The van der Waals surface area contributed by atoms with Crippen LogP contribution in [0.3, 0.4) is 0 Å². The SMILES string of the molecule is O=C(CCCC(=O)N1C/C(=C\c2cccc(C(F)(F)F)c2)C(=O)/C(=C/c2cccc(C(F)(F)F)c2)C1)Nc1nnc(S)s1. The number of hydrogen-bond acceptors (Lipinski definition) is 7. The number of halogens is 6. The van der Waals surface area contributed by atoms with Crippen LogP contribution in [0.15, 0.2) is 64.0 Å². The van der Waals surface area contributed by atoms with Crippen LogP contribution in [0.1, 0.15) is 41.5 Å². The molecule has 43 heavy (non-hydrogen) atoms. The van der Waals surface area contributed by atoms with E-state index in [1.54, 1.807) is 0 Å². The zero-order valence-corrected chi connectivity index (χ0v) is 23.7. The van der Waals surface area contributed by atoms with Gasteiger partial charge in [0.2, 0.25) is 16.9 Å². The zero-order chi connectivity index (χ0) is 31.4. The van der Waals surface area contributed by atoms with Gasteiger partial charge in [0.1, 0.15) is 0 Å². The topological polar surface area (TPSA) is 92.3 Å². The Bertz CT molecular complexity index is 1520. The number of anilines is 1. The number of carbonyl (C=O) groups is 3. The van der Waals surface area contributed by atoms with Gasteiger partial charge in [0.05, 0.1) is 11.1 Å². The lowest BCUT2D eigenvalue weighted by Crippen LogP contribution is -2.41. The molecule has 0 saturated carbocycles. The molecule has 0 unspecified atom stereocenters. The second-order valence-corrected chi connectivity index (χ2v) is 11.2. The minimum Gasteiger partial charge on any atom is -0.334 e. The quantitative estimate of drug-likeness (QED) is 0.132. The number of rotatable bonds is 7. The molecule has 2 amide bonds. The molecule has 226 valence electrons. The van der Waals surface area contributed by atoms with E-state index in [1.807, 2.05) is 0 Å². The van der Waals surface area contributed by atoms with Crippen molar-refractivity contribution < 1.29 is 40.7 Å². The Morgan fingerprint density at radius 1 is 0.884 bits per heavy atom. The summed E-state index contributed by atoms with van der Waals surface area (Å²) in [6.07, 6.45) is -6.83. The van der Waals surface area contributed by atoms with E-state index >= 15 is 0 Å². The minimum absolute atomic E-state index is 0.0197. The van der Waals surface area contributed by atoms with Crippen molar-refractivity contribution in [2.24, 2.45) is 0 Å². The molecule has 1 aliphatic rings. The van der Waals surface area contributed by atoms with Gasteiger partial charge in [-0.25, -0.2) is 0 Å². The van der Waals surface area contributed by atoms with Gasteiger partial charge in [-0.2, -0.15) is 26.3 Å². The number of aromatic nitrogens is 2. The Balaban J connectivity index is 1.57. The van der Waals surface area contributed by atoms with Crippen LogP contribution in [0, 0.1) is 0 Å². The van der Waals surface area contributed by atoms with Crippen LogP contribution in [0.5, 0.6) is 0 Å². The lowest BCUT2D eigenvalue weighted by molar-refractivity contribution is -0.138. The van der Waals surface area contributed by atoms with E-state index in [9.17, 15) is 40.7 Å². The van der Waals surface area contributed by atoms with Crippen molar-refractivity contribution in [3.05, 3.63) is 81.9 Å². The highest BCUT2D eigenvalue weighted by Crippen LogP contribution is 2.32. The number of amides is 2. The minimum atomic E-state index is -4.63. The van der Waals surface area contributed by atoms with Crippen molar-refractivity contribution in [3.63, 3.8) is 0 Å². The smallest absolute Gasteiger partial charge is 0.334 e. The van der Waals surface area contributed by atoms with Crippen molar-refractivity contribution in [3.8, 4) is 0 Å². The molecule has 0 atom stereocenters. The Morgan fingerprint density at radius 2 is 1.42 bits per heavy atom. The number of nitrogens with zero attached hydrogens (tertiary/aromatic N) is 3. The molecule has 2 aromatic carbocycles. The number of piperidine rings is 1. The first kappa shape index (κ1) is 31.9. The maximum Gasteiger partial charge on any atom is 0.416 e. The summed E-state index contributed by atoms with van der Waals surface area (Å²) in [6, 6.07) is 8.52. The molecule has 4 rings (SSSR count). The number of alkyl halides is 6. The molecule has 15 heteroatoms. The van der Waals surface area contributed by atoms with Crippen LogP contribution in [0.2, 0.25) is 0 Å². The van der Waals surface area contributed by atoms with E-state index in [4.69, 9.17) is 0 Å². The number of nitrogens with one attached hydrogen (secondary N) is 1.